The van der Waals surface area contributed by atoms with Crippen molar-refractivity contribution in [3.63, 3.8) is 0 Å². The average Bonchev–Trinajstić information content (AvgIpc) is 3.07. The van der Waals surface area contributed by atoms with Gasteiger partial charge in [-0.25, -0.2) is 4.98 Å². The van der Waals surface area contributed by atoms with Crippen LogP contribution >= 0.6 is 0 Å². The summed E-state index contributed by atoms with van der Waals surface area (Å²) in [5.41, 5.74) is 4.72. The van der Waals surface area contributed by atoms with E-state index in [0.717, 1.165) is 22.4 Å². The van der Waals surface area contributed by atoms with Gasteiger partial charge < -0.3 is 4.90 Å². The molecule has 5 heteroatoms. The summed E-state index contributed by atoms with van der Waals surface area (Å²) >= 11 is 0. The molecular formula is C27H25N3O2. The van der Waals surface area contributed by atoms with Crippen molar-refractivity contribution in [1.82, 2.24) is 9.55 Å². The van der Waals surface area contributed by atoms with Gasteiger partial charge in [-0.15, -0.1) is 0 Å². The van der Waals surface area contributed by atoms with E-state index in [4.69, 9.17) is 4.98 Å². The molecule has 1 amide bonds. The van der Waals surface area contributed by atoms with Gasteiger partial charge in [-0.2, -0.15) is 0 Å². The fourth-order valence-corrected chi connectivity index (χ4v) is 4.64. The minimum absolute atomic E-state index is 0.0711. The Labute approximate surface area is 187 Å². The summed E-state index contributed by atoms with van der Waals surface area (Å²) in [4.78, 5) is 33.5. The van der Waals surface area contributed by atoms with E-state index < -0.39 is 0 Å². The van der Waals surface area contributed by atoms with E-state index >= 15 is 0 Å². The Kier molecular flexibility index (Phi) is 5.10. The monoisotopic (exact) mass is 423 g/mol. The second-order valence-electron chi connectivity index (χ2n) is 8.32. The van der Waals surface area contributed by atoms with E-state index in [1.807, 2.05) is 85.5 Å². The van der Waals surface area contributed by atoms with E-state index in [-0.39, 0.29) is 17.4 Å². The van der Waals surface area contributed by atoms with Crippen LogP contribution in [0.25, 0.3) is 10.9 Å². The summed E-state index contributed by atoms with van der Waals surface area (Å²) in [6.45, 7) is 5.07. The normalized spacial score (nSPS) is 15.4. The van der Waals surface area contributed by atoms with Gasteiger partial charge in [0.25, 0.3) is 5.56 Å². The van der Waals surface area contributed by atoms with Crippen molar-refractivity contribution in [1.29, 1.82) is 0 Å². The lowest BCUT2D eigenvalue weighted by atomic mass is 9.95. The molecule has 1 atom stereocenters. The molecule has 1 aliphatic rings. The number of carbonyl (C=O) groups excluding carboxylic acids is 1. The van der Waals surface area contributed by atoms with Gasteiger partial charge in [-0.05, 0) is 43.2 Å². The van der Waals surface area contributed by atoms with Gasteiger partial charge in [0.05, 0.1) is 23.4 Å². The molecule has 0 N–H and O–H groups in total. The number of anilines is 1. The molecular weight excluding hydrogens is 398 g/mol. The molecule has 0 unspecified atom stereocenters. The molecule has 0 radical (unpaired) electrons. The highest BCUT2D eigenvalue weighted by Gasteiger charge is 2.37. The molecule has 4 aromatic rings. The van der Waals surface area contributed by atoms with Crippen molar-refractivity contribution in [2.75, 3.05) is 11.4 Å². The molecule has 1 aromatic heterocycles. The molecule has 0 aliphatic carbocycles. The van der Waals surface area contributed by atoms with E-state index in [0.29, 0.717) is 36.2 Å². The second-order valence-corrected chi connectivity index (χ2v) is 8.32. The maximum absolute atomic E-state index is 13.5. The number of likely N-dealkylation sites (N-methyl/N-ethyl adjacent to an activating group) is 1. The number of amides is 1. The zero-order valence-corrected chi connectivity index (χ0v) is 18.3. The number of carbonyl (C=O) groups is 1. The van der Waals surface area contributed by atoms with Crippen LogP contribution in [0.15, 0.2) is 77.6 Å². The van der Waals surface area contributed by atoms with Crippen LogP contribution in [0, 0.1) is 6.92 Å². The third-order valence-electron chi connectivity index (χ3n) is 6.24. The van der Waals surface area contributed by atoms with Crippen molar-refractivity contribution in [2.45, 2.75) is 32.7 Å². The van der Waals surface area contributed by atoms with Crippen LogP contribution in [0.5, 0.6) is 0 Å². The predicted octanol–water partition coefficient (Wildman–Crippen LogP) is 4.45. The number of benzene rings is 3. The molecule has 0 saturated carbocycles. The molecule has 5 rings (SSSR count). The van der Waals surface area contributed by atoms with E-state index in [1.165, 1.54) is 0 Å². The maximum Gasteiger partial charge on any atom is 0.261 e. The minimum Gasteiger partial charge on any atom is -0.312 e. The van der Waals surface area contributed by atoms with Crippen molar-refractivity contribution < 1.29 is 4.79 Å². The molecule has 0 spiro atoms. The van der Waals surface area contributed by atoms with Crippen LogP contribution < -0.4 is 10.5 Å². The highest BCUT2D eigenvalue weighted by atomic mass is 16.2. The van der Waals surface area contributed by atoms with Crippen LogP contribution in [-0.4, -0.2) is 22.0 Å². The smallest absolute Gasteiger partial charge is 0.261 e. The summed E-state index contributed by atoms with van der Waals surface area (Å²) < 4.78 is 1.73. The zero-order valence-electron chi connectivity index (χ0n) is 18.3. The zero-order chi connectivity index (χ0) is 22.2. The van der Waals surface area contributed by atoms with Crippen molar-refractivity contribution in [2.24, 2.45) is 0 Å². The maximum atomic E-state index is 13.5. The summed E-state index contributed by atoms with van der Waals surface area (Å²) in [5.74, 6) is 0.364. The third-order valence-corrected chi connectivity index (χ3v) is 6.24. The topological polar surface area (TPSA) is 55.2 Å². The third kappa shape index (κ3) is 3.40. The highest BCUT2D eigenvalue weighted by Crippen LogP contribution is 2.39. The second kappa shape index (κ2) is 8.08. The van der Waals surface area contributed by atoms with Crippen LogP contribution in [0.3, 0.4) is 0 Å². The average molecular weight is 424 g/mol. The van der Waals surface area contributed by atoms with Crippen LogP contribution in [0.1, 0.15) is 35.4 Å². The number of hydrogen-bond donors (Lipinski definition) is 0. The van der Waals surface area contributed by atoms with Gasteiger partial charge in [-0.1, -0.05) is 60.2 Å². The van der Waals surface area contributed by atoms with Crippen LogP contribution in [-0.2, 0) is 17.8 Å². The number of aryl methyl sites for hydroxylation is 1. The van der Waals surface area contributed by atoms with Crippen LogP contribution in [0.4, 0.5) is 5.69 Å². The van der Waals surface area contributed by atoms with Crippen LogP contribution in [0.2, 0.25) is 0 Å². The Morgan fingerprint density at radius 2 is 1.69 bits per heavy atom. The van der Waals surface area contributed by atoms with Gasteiger partial charge in [0.15, 0.2) is 0 Å². The standard InChI is InChI=1S/C27H25N3O2/c1-3-29-24-14-13-18(2)15-21(24)22(27(29)32)16-25-28-23-12-8-7-11-20(23)26(31)30(25)17-19-9-5-4-6-10-19/h4-15,22H,3,16-17H2,1-2H3/t22-/m1/s1. The lowest BCUT2D eigenvalue weighted by Crippen LogP contribution is -2.31. The quantitative estimate of drug-likeness (QED) is 0.477. The van der Waals surface area contributed by atoms with E-state index in [1.54, 1.807) is 4.57 Å². The minimum atomic E-state index is -0.347. The lowest BCUT2D eigenvalue weighted by molar-refractivity contribution is -0.119. The van der Waals surface area contributed by atoms with Gasteiger partial charge in [0.1, 0.15) is 5.82 Å². The van der Waals surface area contributed by atoms with E-state index in [2.05, 4.69) is 6.07 Å². The molecule has 2 heterocycles. The fourth-order valence-electron chi connectivity index (χ4n) is 4.64. The molecule has 5 nitrogen and oxygen atoms in total. The summed E-state index contributed by atoms with van der Waals surface area (Å²) in [7, 11) is 0. The first-order chi connectivity index (χ1) is 15.6. The fraction of sp³-hybridized carbons (Fsp3) is 0.222. The number of fused-ring (bicyclic) bond motifs is 2. The number of aromatic nitrogens is 2. The Bertz CT molecular complexity index is 1380. The summed E-state index contributed by atoms with van der Waals surface area (Å²) in [6, 6.07) is 23.5. The first kappa shape index (κ1) is 20.2. The van der Waals surface area contributed by atoms with Crippen molar-refractivity contribution in [3.8, 4) is 0 Å². The number of rotatable bonds is 5. The first-order valence-corrected chi connectivity index (χ1v) is 11.0. The van der Waals surface area contributed by atoms with Gasteiger partial charge >= 0.3 is 0 Å². The highest BCUT2D eigenvalue weighted by molar-refractivity contribution is 6.05. The summed E-state index contributed by atoms with van der Waals surface area (Å²) in [5, 5.41) is 0.594. The Morgan fingerprint density at radius 3 is 2.47 bits per heavy atom. The molecule has 160 valence electrons. The predicted molar refractivity (Wildman–Crippen MR) is 127 cm³/mol. The van der Waals surface area contributed by atoms with Crippen molar-refractivity contribution in [3.05, 3.63) is 106 Å². The molecule has 0 bridgehead atoms. The van der Waals surface area contributed by atoms with E-state index in [9.17, 15) is 9.59 Å². The molecule has 1 aliphatic heterocycles. The summed E-state index contributed by atoms with van der Waals surface area (Å²) in [6.07, 6.45) is 0.388. The Morgan fingerprint density at radius 1 is 0.938 bits per heavy atom. The number of para-hydroxylation sites is 1. The van der Waals surface area contributed by atoms with Gasteiger partial charge in [0.2, 0.25) is 5.91 Å². The molecule has 0 saturated heterocycles. The van der Waals surface area contributed by atoms with Gasteiger partial charge in [-0.3, -0.25) is 14.2 Å². The Balaban J connectivity index is 1.64. The first-order valence-electron chi connectivity index (χ1n) is 11.0. The number of nitrogens with zero attached hydrogens (tertiary/aromatic N) is 3. The van der Waals surface area contributed by atoms with Gasteiger partial charge in [0, 0.05) is 18.7 Å². The van der Waals surface area contributed by atoms with Crippen molar-refractivity contribution >= 4 is 22.5 Å². The largest absolute Gasteiger partial charge is 0.312 e. The number of hydrogen-bond acceptors (Lipinski definition) is 3. The molecule has 0 fully saturated rings. The molecule has 3 aromatic carbocycles. The SMILES string of the molecule is CCN1C(=O)[C@H](Cc2nc3ccccc3c(=O)n2Cc2ccccc2)c2cc(C)ccc21. The Hall–Kier alpha value is -3.73. The molecule has 32 heavy (non-hydrogen) atoms. The lowest BCUT2D eigenvalue weighted by Gasteiger charge is -2.17.